The molecule has 6 nitrogen and oxygen atoms in total. The van der Waals surface area contributed by atoms with E-state index < -0.39 is 36.2 Å². The molecule has 0 saturated heterocycles. The monoisotopic (exact) mass is 304 g/mol. The van der Waals surface area contributed by atoms with Crippen LogP contribution in [0.5, 0.6) is 0 Å². The van der Waals surface area contributed by atoms with Gasteiger partial charge in [0.25, 0.3) is 6.43 Å². The van der Waals surface area contributed by atoms with Crippen LogP contribution < -0.4 is 0 Å². The van der Waals surface area contributed by atoms with E-state index in [4.69, 9.17) is 9.47 Å². The average molecular weight is 304 g/mol. The zero-order valence-corrected chi connectivity index (χ0v) is 12.4. The van der Waals surface area contributed by atoms with Gasteiger partial charge < -0.3 is 9.47 Å². The molecule has 0 spiro atoms. The van der Waals surface area contributed by atoms with Crippen LogP contribution in [0.3, 0.4) is 0 Å². The molecule has 0 amide bonds. The van der Waals surface area contributed by atoms with Crippen LogP contribution >= 0.6 is 0 Å². The van der Waals surface area contributed by atoms with Crippen molar-refractivity contribution in [1.29, 1.82) is 0 Å². The molecule has 0 aromatic carbocycles. The molecule has 0 fully saturated rings. The van der Waals surface area contributed by atoms with Gasteiger partial charge in [0.1, 0.15) is 23.5 Å². The molecule has 0 aliphatic rings. The minimum atomic E-state index is -2.85. The van der Waals surface area contributed by atoms with E-state index in [9.17, 15) is 18.4 Å². The van der Waals surface area contributed by atoms with Crippen LogP contribution in [0.4, 0.5) is 8.78 Å². The Kier molecular flexibility index (Phi) is 5.40. The molecular formula is C13H18F2N2O4. The van der Waals surface area contributed by atoms with E-state index in [1.165, 1.54) is 0 Å². The summed E-state index contributed by atoms with van der Waals surface area (Å²) < 4.78 is 36.0. The lowest BCUT2D eigenvalue weighted by atomic mass is 10.2. The Balaban J connectivity index is 2.98. The lowest BCUT2D eigenvalue weighted by molar-refractivity contribution is -0.155. The highest BCUT2D eigenvalue weighted by atomic mass is 19.3. The van der Waals surface area contributed by atoms with Crippen molar-refractivity contribution in [2.75, 3.05) is 6.61 Å². The van der Waals surface area contributed by atoms with Crippen molar-refractivity contribution in [3.63, 3.8) is 0 Å². The zero-order valence-electron chi connectivity index (χ0n) is 12.4. The van der Waals surface area contributed by atoms with E-state index in [0.29, 0.717) is 0 Å². The lowest BCUT2D eigenvalue weighted by Crippen LogP contribution is -2.28. The molecule has 0 atom stereocenters. The highest BCUT2D eigenvalue weighted by molar-refractivity contribution is 5.88. The summed E-state index contributed by atoms with van der Waals surface area (Å²) in [6.07, 6.45) is -2.85. The predicted octanol–water partition coefficient (Wildman–Crippen LogP) is 2.34. The third-order valence-corrected chi connectivity index (χ3v) is 2.21. The molecule has 118 valence electrons. The lowest BCUT2D eigenvalue weighted by Gasteiger charge is -2.19. The smallest absolute Gasteiger partial charge is 0.356 e. The summed E-state index contributed by atoms with van der Waals surface area (Å²) in [6, 6.07) is 0.910. The van der Waals surface area contributed by atoms with Crippen LogP contribution in [-0.4, -0.2) is 33.9 Å². The summed E-state index contributed by atoms with van der Waals surface area (Å²) in [5.41, 5.74) is -1.53. The first-order valence-electron chi connectivity index (χ1n) is 6.39. The van der Waals surface area contributed by atoms with Crippen molar-refractivity contribution < 1.29 is 27.8 Å². The van der Waals surface area contributed by atoms with Crippen molar-refractivity contribution in [2.24, 2.45) is 0 Å². The number of ether oxygens (including phenoxy) is 2. The summed E-state index contributed by atoms with van der Waals surface area (Å²) in [5.74, 6) is -1.50. The molecule has 8 heteroatoms. The number of hydrogen-bond donors (Lipinski definition) is 0. The van der Waals surface area contributed by atoms with Crippen molar-refractivity contribution >= 4 is 11.9 Å². The first kappa shape index (κ1) is 17.1. The zero-order chi connectivity index (χ0) is 16.2. The Morgan fingerprint density at radius 3 is 2.48 bits per heavy atom. The molecule has 1 aromatic rings. The fourth-order valence-corrected chi connectivity index (χ4v) is 1.53. The van der Waals surface area contributed by atoms with Crippen molar-refractivity contribution in [2.45, 2.75) is 46.3 Å². The van der Waals surface area contributed by atoms with Gasteiger partial charge in [-0.2, -0.15) is 5.10 Å². The Bertz CT molecular complexity index is 521. The van der Waals surface area contributed by atoms with Gasteiger partial charge in [0.2, 0.25) is 0 Å². The number of halogens is 2. The summed E-state index contributed by atoms with van der Waals surface area (Å²) in [6.45, 7) is 6.24. The second-order valence-corrected chi connectivity index (χ2v) is 5.22. The number of rotatable bonds is 5. The van der Waals surface area contributed by atoms with Crippen LogP contribution in [0.15, 0.2) is 6.07 Å². The highest BCUT2D eigenvalue weighted by Crippen LogP contribution is 2.19. The highest BCUT2D eigenvalue weighted by Gasteiger charge is 2.24. The third-order valence-electron chi connectivity index (χ3n) is 2.21. The maximum atomic E-state index is 12.7. The molecular weight excluding hydrogens is 286 g/mol. The standard InChI is InChI=1S/C13H18F2N2O4/c1-5-20-12(19)9-6-8(11(14)15)16-17(9)7-10(18)21-13(2,3)4/h6,11H,5,7H2,1-4H3. The van der Waals surface area contributed by atoms with Crippen LogP contribution in [0.1, 0.15) is 50.3 Å². The summed E-state index contributed by atoms with van der Waals surface area (Å²) in [4.78, 5) is 23.4. The molecule has 1 rings (SSSR count). The van der Waals surface area contributed by atoms with Crippen LogP contribution in [-0.2, 0) is 20.8 Å². The number of alkyl halides is 2. The van der Waals surface area contributed by atoms with Gasteiger partial charge >= 0.3 is 11.9 Å². The van der Waals surface area contributed by atoms with Gasteiger partial charge in [0.15, 0.2) is 0 Å². The minimum absolute atomic E-state index is 0.0838. The van der Waals surface area contributed by atoms with E-state index in [0.717, 1.165) is 10.7 Å². The number of hydrogen-bond acceptors (Lipinski definition) is 5. The Hall–Kier alpha value is -1.99. The predicted molar refractivity (Wildman–Crippen MR) is 69.0 cm³/mol. The van der Waals surface area contributed by atoms with E-state index in [-0.39, 0.29) is 12.3 Å². The van der Waals surface area contributed by atoms with Crippen LogP contribution in [0, 0.1) is 0 Å². The van der Waals surface area contributed by atoms with Gasteiger partial charge in [-0.1, -0.05) is 0 Å². The topological polar surface area (TPSA) is 70.4 Å². The summed E-state index contributed by atoms with van der Waals surface area (Å²) in [7, 11) is 0. The SMILES string of the molecule is CCOC(=O)c1cc(C(F)F)nn1CC(=O)OC(C)(C)C. The Labute approximate surface area is 121 Å². The Morgan fingerprint density at radius 2 is 2.00 bits per heavy atom. The molecule has 21 heavy (non-hydrogen) atoms. The number of carbonyl (C=O) groups excluding carboxylic acids is 2. The van der Waals surface area contributed by atoms with Gasteiger partial charge in [0, 0.05) is 6.07 Å². The van der Waals surface area contributed by atoms with Crippen molar-refractivity contribution in [3.8, 4) is 0 Å². The first-order valence-corrected chi connectivity index (χ1v) is 6.39. The second-order valence-electron chi connectivity index (χ2n) is 5.22. The second kappa shape index (κ2) is 6.64. The molecule has 0 N–H and O–H groups in total. The minimum Gasteiger partial charge on any atom is -0.461 e. The van der Waals surface area contributed by atoms with E-state index in [1.54, 1.807) is 27.7 Å². The van der Waals surface area contributed by atoms with E-state index in [1.807, 2.05) is 0 Å². The molecule has 0 saturated carbocycles. The molecule has 0 aliphatic carbocycles. The van der Waals surface area contributed by atoms with Crippen molar-refractivity contribution in [1.82, 2.24) is 9.78 Å². The molecule has 0 bridgehead atoms. The fourth-order valence-electron chi connectivity index (χ4n) is 1.53. The normalized spacial score (nSPS) is 11.6. The molecule has 1 aromatic heterocycles. The largest absolute Gasteiger partial charge is 0.461 e. The quantitative estimate of drug-likeness (QED) is 0.781. The third kappa shape index (κ3) is 5.13. The Morgan fingerprint density at radius 1 is 1.38 bits per heavy atom. The number of carbonyl (C=O) groups is 2. The van der Waals surface area contributed by atoms with E-state index >= 15 is 0 Å². The summed E-state index contributed by atoms with van der Waals surface area (Å²) in [5, 5.41) is 3.55. The molecule has 1 heterocycles. The first-order chi connectivity index (χ1) is 9.64. The number of nitrogens with zero attached hydrogens (tertiary/aromatic N) is 2. The molecule has 0 unspecified atom stereocenters. The van der Waals surface area contributed by atoms with Gasteiger partial charge in [0.05, 0.1) is 6.61 Å². The number of esters is 2. The van der Waals surface area contributed by atoms with Crippen LogP contribution in [0.2, 0.25) is 0 Å². The van der Waals surface area contributed by atoms with Gasteiger partial charge in [-0.05, 0) is 27.7 Å². The maximum Gasteiger partial charge on any atom is 0.356 e. The van der Waals surface area contributed by atoms with Crippen LogP contribution in [0.25, 0.3) is 0 Å². The molecule has 0 aliphatic heterocycles. The van der Waals surface area contributed by atoms with Gasteiger partial charge in [-0.3, -0.25) is 4.79 Å². The summed E-state index contributed by atoms with van der Waals surface area (Å²) >= 11 is 0. The molecule has 0 radical (unpaired) electrons. The average Bonchev–Trinajstić information content (AvgIpc) is 2.70. The van der Waals surface area contributed by atoms with Crippen molar-refractivity contribution in [3.05, 3.63) is 17.5 Å². The fraction of sp³-hybridized carbons (Fsp3) is 0.615. The van der Waals surface area contributed by atoms with Gasteiger partial charge in [-0.25, -0.2) is 18.3 Å². The maximum absolute atomic E-state index is 12.7. The number of aromatic nitrogens is 2. The van der Waals surface area contributed by atoms with Gasteiger partial charge in [-0.15, -0.1) is 0 Å². The van der Waals surface area contributed by atoms with E-state index in [2.05, 4.69) is 5.10 Å².